The van der Waals surface area contributed by atoms with Crippen LogP contribution in [0.15, 0.2) is 36.5 Å². The molecule has 0 spiro atoms. The minimum atomic E-state index is 0.650. The average molecular weight is 395 g/mol. The van der Waals surface area contributed by atoms with E-state index < -0.39 is 0 Å². The van der Waals surface area contributed by atoms with Crippen molar-refractivity contribution in [3.63, 3.8) is 0 Å². The zero-order valence-electron chi connectivity index (χ0n) is 15.3. The van der Waals surface area contributed by atoms with Gasteiger partial charge in [0.15, 0.2) is 0 Å². The molecular formula is C21H22N4S2. The summed E-state index contributed by atoms with van der Waals surface area (Å²) < 4.78 is 1.17. The Labute approximate surface area is 166 Å². The Morgan fingerprint density at radius 2 is 2.04 bits per heavy atom. The number of nitrogens with two attached hydrogens (primary N) is 1. The van der Waals surface area contributed by atoms with Crippen molar-refractivity contribution in [2.75, 3.05) is 25.9 Å². The number of fused-ring (bicyclic) bond motifs is 2. The first-order valence-corrected chi connectivity index (χ1v) is 11.0. The van der Waals surface area contributed by atoms with Gasteiger partial charge in [-0.05, 0) is 75.6 Å². The lowest BCUT2D eigenvalue weighted by atomic mass is 9.98. The molecule has 3 aromatic heterocycles. The highest BCUT2D eigenvalue weighted by Crippen LogP contribution is 2.40. The summed E-state index contributed by atoms with van der Waals surface area (Å²) in [5, 5.41) is 2.29. The van der Waals surface area contributed by atoms with E-state index in [1.807, 2.05) is 29.7 Å². The molecule has 0 aliphatic carbocycles. The van der Waals surface area contributed by atoms with Crippen LogP contribution in [0.5, 0.6) is 0 Å². The summed E-state index contributed by atoms with van der Waals surface area (Å²) >= 11 is 3.59. The Balaban J connectivity index is 1.57. The van der Waals surface area contributed by atoms with Crippen LogP contribution in [0.25, 0.3) is 31.0 Å². The fraction of sp³-hybridized carbons (Fsp3) is 0.333. The van der Waals surface area contributed by atoms with E-state index in [0.717, 1.165) is 21.0 Å². The van der Waals surface area contributed by atoms with Crippen LogP contribution in [0.3, 0.4) is 0 Å². The van der Waals surface area contributed by atoms with Crippen molar-refractivity contribution < 1.29 is 0 Å². The molecule has 0 radical (unpaired) electrons. The largest absolute Gasteiger partial charge is 0.399 e. The van der Waals surface area contributed by atoms with E-state index in [-0.39, 0.29) is 0 Å². The third kappa shape index (κ3) is 3.22. The average Bonchev–Trinajstić information content (AvgIpc) is 3.21. The predicted octanol–water partition coefficient (Wildman–Crippen LogP) is 5.35. The molecule has 4 heterocycles. The first-order valence-electron chi connectivity index (χ1n) is 9.41. The van der Waals surface area contributed by atoms with Crippen molar-refractivity contribution in [3.8, 4) is 10.6 Å². The first-order chi connectivity index (χ1) is 13.2. The number of anilines is 1. The molecule has 138 valence electrons. The van der Waals surface area contributed by atoms with Crippen molar-refractivity contribution >= 4 is 48.8 Å². The molecular weight excluding hydrogens is 372 g/mol. The van der Waals surface area contributed by atoms with E-state index in [1.165, 1.54) is 52.9 Å². The third-order valence-corrected chi connectivity index (χ3v) is 7.73. The Bertz CT molecular complexity index is 1110. The summed E-state index contributed by atoms with van der Waals surface area (Å²) in [7, 11) is 2.23. The minimum absolute atomic E-state index is 0.650. The lowest BCUT2D eigenvalue weighted by Gasteiger charge is -2.13. The molecule has 0 amide bonds. The number of pyridine rings is 1. The number of likely N-dealkylation sites (tertiary alicyclic amines) is 1. The standard InChI is InChI=1S/C21H22N4S2/c1-25-9-2-3-13(7-10-25)19-12-16-15(6-8-23-20(16)27-19)21-24-17-11-14(22)4-5-18(17)26-21/h4-6,8,11-13H,2-3,7,9-10,22H2,1H3. The van der Waals surface area contributed by atoms with Gasteiger partial charge in [0, 0.05) is 27.7 Å². The quantitative estimate of drug-likeness (QED) is 0.465. The molecule has 0 bridgehead atoms. The van der Waals surface area contributed by atoms with Crippen LogP contribution in [-0.2, 0) is 0 Å². The van der Waals surface area contributed by atoms with Crippen molar-refractivity contribution in [3.05, 3.63) is 41.4 Å². The number of thiazole rings is 1. The van der Waals surface area contributed by atoms with Gasteiger partial charge in [-0.3, -0.25) is 0 Å². The van der Waals surface area contributed by atoms with Crippen LogP contribution in [-0.4, -0.2) is 35.0 Å². The Kier molecular flexibility index (Phi) is 4.34. The van der Waals surface area contributed by atoms with Crippen LogP contribution in [0, 0.1) is 0 Å². The van der Waals surface area contributed by atoms with Crippen LogP contribution in [0.1, 0.15) is 30.1 Å². The van der Waals surface area contributed by atoms with E-state index in [0.29, 0.717) is 5.92 Å². The number of aromatic nitrogens is 2. The molecule has 1 unspecified atom stereocenters. The monoisotopic (exact) mass is 394 g/mol. The molecule has 1 aliphatic heterocycles. The smallest absolute Gasteiger partial charge is 0.125 e. The second-order valence-corrected chi connectivity index (χ2v) is 9.50. The van der Waals surface area contributed by atoms with Crippen molar-refractivity contribution in [2.45, 2.75) is 25.2 Å². The fourth-order valence-electron chi connectivity index (χ4n) is 3.93. The maximum atomic E-state index is 5.92. The van der Waals surface area contributed by atoms with E-state index >= 15 is 0 Å². The number of thiophene rings is 1. The number of hydrogen-bond donors (Lipinski definition) is 1. The van der Waals surface area contributed by atoms with Crippen LogP contribution in [0.2, 0.25) is 0 Å². The number of rotatable bonds is 2. The Hall–Kier alpha value is -2.02. The number of nitrogen functional groups attached to an aromatic ring is 1. The van der Waals surface area contributed by atoms with Crippen LogP contribution < -0.4 is 5.73 Å². The summed E-state index contributed by atoms with van der Waals surface area (Å²) in [5.41, 5.74) is 8.85. The zero-order chi connectivity index (χ0) is 18.4. The maximum Gasteiger partial charge on any atom is 0.125 e. The Morgan fingerprint density at radius 1 is 1.11 bits per heavy atom. The summed E-state index contributed by atoms with van der Waals surface area (Å²) in [6.45, 7) is 2.39. The zero-order valence-corrected chi connectivity index (χ0v) is 16.9. The van der Waals surface area contributed by atoms with Gasteiger partial charge in [0.25, 0.3) is 0 Å². The molecule has 27 heavy (non-hydrogen) atoms. The molecule has 4 aromatic rings. The summed E-state index contributed by atoms with van der Waals surface area (Å²) in [5.74, 6) is 0.650. The molecule has 1 saturated heterocycles. The van der Waals surface area contributed by atoms with Crippen LogP contribution >= 0.6 is 22.7 Å². The molecule has 5 rings (SSSR count). The lowest BCUT2D eigenvalue weighted by Crippen LogP contribution is -2.18. The summed E-state index contributed by atoms with van der Waals surface area (Å²) in [6, 6.07) is 10.4. The highest BCUT2D eigenvalue weighted by atomic mass is 32.1. The maximum absolute atomic E-state index is 5.92. The van der Waals surface area contributed by atoms with Crippen molar-refractivity contribution in [1.82, 2.24) is 14.9 Å². The molecule has 2 N–H and O–H groups in total. The molecule has 1 atom stereocenters. The van der Waals surface area contributed by atoms with E-state index in [1.54, 1.807) is 11.3 Å². The van der Waals surface area contributed by atoms with Gasteiger partial charge in [-0.15, -0.1) is 22.7 Å². The van der Waals surface area contributed by atoms with Gasteiger partial charge in [-0.1, -0.05) is 0 Å². The fourth-order valence-corrected chi connectivity index (χ4v) is 6.11. The van der Waals surface area contributed by atoms with E-state index in [2.05, 4.69) is 35.1 Å². The first kappa shape index (κ1) is 17.1. The number of hydrogen-bond acceptors (Lipinski definition) is 6. The van der Waals surface area contributed by atoms with Gasteiger partial charge in [-0.2, -0.15) is 0 Å². The van der Waals surface area contributed by atoms with Crippen LogP contribution in [0.4, 0.5) is 5.69 Å². The lowest BCUT2D eigenvalue weighted by molar-refractivity contribution is 0.347. The molecule has 4 nitrogen and oxygen atoms in total. The molecule has 1 fully saturated rings. The third-order valence-electron chi connectivity index (χ3n) is 5.45. The highest BCUT2D eigenvalue weighted by molar-refractivity contribution is 7.22. The SMILES string of the molecule is CN1CCCC(c2cc3c(-c4nc5cc(N)ccc5s4)ccnc3s2)CC1. The summed E-state index contributed by atoms with van der Waals surface area (Å²) in [4.78, 5) is 14.6. The molecule has 6 heteroatoms. The Morgan fingerprint density at radius 3 is 2.96 bits per heavy atom. The van der Waals surface area contributed by atoms with Crippen molar-refractivity contribution in [1.29, 1.82) is 0 Å². The normalized spacial score (nSPS) is 18.9. The number of benzene rings is 1. The molecule has 0 saturated carbocycles. The second kappa shape index (κ2) is 6.86. The number of nitrogens with zero attached hydrogens (tertiary/aromatic N) is 3. The van der Waals surface area contributed by atoms with E-state index in [9.17, 15) is 0 Å². The summed E-state index contributed by atoms with van der Waals surface area (Å²) in [6.07, 6.45) is 5.69. The van der Waals surface area contributed by atoms with Crippen molar-refractivity contribution in [2.24, 2.45) is 0 Å². The van der Waals surface area contributed by atoms with Gasteiger partial charge in [-0.25, -0.2) is 9.97 Å². The highest BCUT2D eigenvalue weighted by Gasteiger charge is 2.20. The van der Waals surface area contributed by atoms with Gasteiger partial charge in [0.05, 0.1) is 10.2 Å². The minimum Gasteiger partial charge on any atom is -0.399 e. The second-order valence-electron chi connectivity index (χ2n) is 7.40. The molecule has 1 aliphatic rings. The van der Waals surface area contributed by atoms with Gasteiger partial charge < -0.3 is 10.6 Å². The predicted molar refractivity (Wildman–Crippen MR) is 117 cm³/mol. The van der Waals surface area contributed by atoms with E-state index in [4.69, 9.17) is 10.7 Å². The van der Waals surface area contributed by atoms with Gasteiger partial charge in [0.1, 0.15) is 9.84 Å². The molecule has 1 aromatic carbocycles. The van der Waals surface area contributed by atoms with Gasteiger partial charge >= 0.3 is 0 Å². The topological polar surface area (TPSA) is 55.0 Å². The van der Waals surface area contributed by atoms with Gasteiger partial charge in [0.2, 0.25) is 0 Å².